The number of para-hydroxylation sites is 1. The highest BCUT2D eigenvalue weighted by molar-refractivity contribution is 5.46. The van der Waals surface area contributed by atoms with Crippen LogP contribution in [0.1, 0.15) is 5.56 Å². The van der Waals surface area contributed by atoms with Crippen LogP contribution in [0.5, 0.6) is 11.5 Å². The molecule has 0 aliphatic rings. The number of halogens is 3. The van der Waals surface area contributed by atoms with Crippen molar-refractivity contribution in [2.24, 2.45) is 5.73 Å². The average Bonchev–Trinajstić information content (AvgIpc) is 2.33. The van der Waals surface area contributed by atoms with Crippen molar-refractivity contribution in [3.8, 4) is 11.5 Å². The molecule has 18 heavy (non-hydrogen) atoms. The molecule has 0 aliphatic heterocycles. The van der Waals surface area contributed by atoms with Crippen molar-refractivity contribution in [1.82, 2.24) is 0 Å². The van der Waals surface area contributed by atoms with Crippen LogP contribution in [0.25, 0.3) is 0 Å². The topological polar surface area (TPSA) is 53.7 Å². The van der Waals surface area contributed by atoms with E-state index in [-0.39, 0.29) is 6.54 Å². The molecule has 0 unspecified atom stereocenters. The molecule has 102 valence electrons. The lowest BCUT2D eigenvalue weighted by molar-refractivity contribution is -0.186. The van der Waals surface area contributed by atoms with Crippen LogP contribution in [0.15, 0.2) is 18.2 Å². The first-order chi connectivity index (χ1) is 8.48. The van der Waals surface area contributed by atoms with Crippen molar-refractivity contribution in [2.75, 3.05) is 20.5 Å². The molecule has 1 rings (SSSR count). The molecule has 0 saturated heterocycles. The van der Waals surface area contributed by atoms with Crippen LogP contribution in [-0.4, -0.2) is 26.7 Å². The minimum absolute atomic E-state index is 0.186. The first kappa shape index (κ1) is 14.6. The van der Waals surface area contributed by atoms with Crippen molar-refractivity contribution in [3.05, 3.63) is 23.8 Å². The summed E-state index contributed by atoms with van der Waals surface area (Å²) in [5.41, 5.74) is 6.12. The Morgan fingerprint density at radius 1 is 1.28 bits per heavy atom. The van der Waals surface area contributed by atoms with E-state index in [9.17, 15) is 13.2 Å². The van der Waals surface area contributed by atoms with Crippen molar-refractivity contribution >= 4 is 0 Å². The predicted octanol–water partition coefficient (Wildman–Crippen LogP) is 2.07. The molecule has 0 heterocycles. The van der Waals surface area contributed by atoms with E-state index in [1.807, 2.05) is 0 Å². The van der Waals surface area contributed by atoms with Gasteiger partial charge in [0.2, 0.25) is 0 Å². The maximum atomic E-state index is 11.8. The number of methoxy groups -OCH3 is 1. The monoisotopic (exact) mass is 265 g/mol. The van der Waals surface area contributed by atoms with Gasteiger partial charge in [0.25, 0.3) is 0 Å². The number of ether oxygens (including phenoxy) is 3. The Hall–Kier alpha value is -1.47. The number of rotatable bonds is 6. The highest BCUT2D eigenvalue weighted by atomic mass is 19.4. The van der Waals surface area contributed by atoms with Gasteiger partial charge in [0, 0.05) is 12.1 Å². The number of benzene rings is 1. The lowest BCUT2D eigenvalue weighted by atomic mass is 10.2. The number of hydrogen-bond acceptors (Lipinski definition) is 4. The number of nitrogens with two attached hydrogens (primary N) is 1. The molecule has 1 aromatic rings. The Labute approximate surface area is 102 Å². The van der Waals surface area contributed by atoms with Gasteiger partial charge in [-0.25, -0.2) is 0 Å². The van der Waals surface area contributed by atoms with Crippen LogP contribution in [0.2, 0.25) is 0 Å². The van der Waals surface area contributed by atoms with E-state index in [4.69, 9.17) is 15.2 Å². The second-order valence-electron chi connectivity index (χ2n) is 3.38. The van der Waals surface area contributed by atoms with Crippen LogP contribution in [-0.2, 0) is 11.3 Å². The Bertz CT molecular complexity index is 360. The maximum absolute atomic E-state index is 11.8. The smallest absolute Gasteiger partial charge is 0.411 e. The zero-order valence-corrected chi connectivity index (χ0v) is 9.79. The second-order valence-corrected chi connectivity index (χ2v) is 3.38. The molecule has 0 fully saturated rings. The minimum Gasteiger partial charge on any atom is -0.493 e. The molecular weight excluding hydrogens is 251 g/mol. The second kappa shape index (κ2) is 6.46. The molecule has 0 bridgehead atoms. The summed E-state index contributed by atoms with van der Waals surface area (Å²) in [6, 6.07) is 5.03. The Kier molecular flexibility index (Phi) is 5.24. The lowest BCUT2D eigenvalue weighted by Gasteiger charge is -2.14. The van der Waals surface area contributed by atoms with E-state index < -0.39 is 19.6 Å². The van der Waals surface area contributed by atoms with Crippen molar-refractivity contribution in [1.29, 1.82) is 0 Å². The molecule has 0 amide bonds. The third-order valence-corrected chi connectivity index (χ3v) is 2.05. The normalized spacial score (nSPS) is 11.4. The molecule has 0 radical (unpaired) electrons. The van der Waals surface area contributed by atoms with Crippen molar-refractivity contribution < 1.29 is 27.4 Å². The Morgan fingerprint density at radius 3 is 2.56 bits per heavy atom. The SMILES string of the molecule is COc1cccc(CN)c1OCOCC(F)(F)F. The molecule has 0 spiro atoms. The van der Waals surface area contributed by atoms with Gasteiger partial charge in [0.15, 0.2) is 18.3 Å². The van der Waals surface area contributed by atoms with Gasteiger partial charge in [-0.05, 0) is 6.07 Å². The summed E-state index contributed by atoms with van der Waals surface area (Å²) in [4.78, 5) is 0. The third kappa shape index (κ3) is 4.42. The molecule has 0 saturated carbocycles. The van der Waals surface area contributed by atoms with Crippen LogP contribution in [0.4, 0.5) is 13.2 Å². The van der Waals surface area contributed by atoms with Gasteiger partial charge in [-0.1, -0.05) is 12.1 Å². The van der Waals surface area contributed by atoms with Gasteiger partial charge >= 0.3 is 6.18 Å². The summed E-state index contributed by atoms with van der Waals surface area (Å²) in [5, 5.41) is 0. The van der Waals surface area contributed by atoms with E-state index in [2.05, 4.69) is 4.74 Å². The largest absolute Gasteiger partial charge is 0.493 e. The number of alkyl halides is 3. The van der Waals surface area contributed by atoms with E-state index in [0.29, 0.717) is 17.1 Å². The van der Waals surface area contributed by atoms with Crippen LogP contribution >= 0.6 is 0 Å². The summed E-state index contributed by atoms with van der Waals surface area (Å²) in [6.07, 6.45) is -4.37. The molecule has 0 atom stereocenters. The predicted molar refractivity (Wildman–Crippen MR) is 58.4 cm³/mol. The fourth-order valence-electron chi connectivity index (χ4n) is 1.30. The third-order valence-electron chi connectivity index (χ3n) is 2.05. The summed E-state index contributed by atoms with van der Waals surface area (Å²) < 4.78 is 50.0. The zero-order chi connectivity index (χ0) is 13.6. The molecule has 0 aromatic heterocycles. The summed E-state index contributed by atoms with van der Waals surface area (Å²) in [6.45, 7) is -1.70. The quantitative estimate of drug-likeness (QED) is 0.632. The van der Waals surface area contributed by atoms with Crippen LogP contribution in [0.3, 0.4) is 0 Å². The molecule has 7 heteroatoms. The Balaban J connectivity index is 2.60. The highest BCUT2D eigenvalue weighted by Gasteiger charge is 2.27. The number of hydrogen-bond donors (Lipinski definition) is 1. The standard InChI is InChI=1S/C11H14F3NO3/c1-16-9-4-2-3-8(5-15)10(9)18-7-17-6-11(12,13)14/h2-4H,5-7,15H2,1H3. The van der Waals surface area contributed by atoms with Gasteiger partial charge in [-0.3, -0.25) is 0 Å². The van der Waals surface area contributed by atoms with Gasteiger partial charge in [-0.15, -0.1) is 0 Å². The van der Waals surface area contributed by atoms with E-state index in [0.717, 1.165) is 0 Å². The summed E-state index contributed by atoms with van der Waals surface area (Å²) in [5.74, 6) is 0.693. The lowest BCUT2D eigenvalue weighted by Crippen LogP contribution is -2.19. The van der Waals surface area contributed by atoms with Gasteiger partial charge in [0.05, 0.1) is 7.11 Å². The van der Waals surface area contributed by atoms with Gasteiger partial charge in [-0.2, -0.15) is 13.2 Å². The average molecular weight is 265 g/mol. The molecule has 0 aliphatic carbocycles. The van der Waals surface area contributed by atoms with Gasteiger partial charge < -0.3 is 19.9 Å². The maximum Gasteiger partial charge on any atom is 0.411 e. The zero-order valence-electron chi connectivity index (χ0n) is 9.79. The first-order valence-electron chi connectivity index (χ1n) is 5.11. The fourth-order valence-corrected chi connectivity index (χ4v) is 1.30. The van der Waals surface area contributed by atoms with E-state index in [1.54, 1.807) is 18.2 Å². The summed E-state index contributed by atoms with van der Waals surface area (Å²) in [7, 11) is 1.43. The Morgan fingerprint density at radius 2 is 2.00 bits per heavy atom. The van der Waals surface area contributed by atoms with E-state index >= 15 is 0 Å². The molecular formula is C11H14F3NO3. The molecule has 2 N–H and O–H groups in total. The van der Waals surface area contributed by atoms with Crippen LogP contribution in [0, 0.1) is 0 Å². The fraction of sp³-hybridized carbons (Fsp3) is 0.455. The van der Waals surface area contributed by atoms with Gasteiger partial charge in [0.1, 0.15) is 6.61 Å². The summed E-state index contributed by atoms with van der Waals surface area (Å²) >= 11 is 0. The van der Waals surface area contributed by atoms with E-state index in [1.165, 1.54) is 7.11 Å². The van der Waals surface area contributed by atoms with Crippen molar-refractivity contribution in [3.63, 3.8) is 0 Å². The van der Waals surface area contributed by atoms with Crippen LogP contribution < -0.4 is 15.2 Å². The van der Waals surface area contributed by atoms with Crippen molar-refractivity contribution in [2.45, 2.75) is 12.7 Å². The highest BCUT2D eigenvalue weighted by Crippen LogP contribution is 2.30. The molecule has 4 nitrogen and oxygen atoms in total. The minimum atomic E-state index is -4.37. The molecule has 1 aromatic carbocycles. The first-order valence-corrected chi connectivity index (χ1v) is 5.11.